The summed E-state index contributed by atoms with van der Waals surface area (Å²) in [6.07, 6.45) is 0. The van der Waals surface area contributed by atoms with Crippen LogP contribution in [0.5, 0.6) is 0 Å². The van der Waals surface area contributed by atoms with Crippen molar-refractivity contribution in [2.75, 3.05) is 38.2 Å². The van der Waals surface area contributed by atoms with Crippen LogP contribution in [-0.2, 0) is 4.74 Å². The molecule has 1 aliphatic rings. The van der Waals surface area contributed by atoms with E-state index in [4.69, 9.17) is 10.5 Å². The third kappa shape index (κ3) is 5.52. The number of nitrogens with one attached hydrogen (secondary N) is 1. The van der Waals surface area contributed by atoms with Crippen molar-refractivity contribution in [1.82, 2.24) is 4.90 Å². The molecule has 0 radical (unpaired) electrons. The van der Waals surface area contributed by atoms with Crippen molar-refractivity contribution in [2.45, 2.75) is 19.9 Å². The molecule has 2 aromatic rings. The van der Waals surface area contributed by atoms with Crippen molar-refractivity contribution in [3.8, 4) is 0 Å². The monoisotopic (exact) mass is 370 g/mol. The average molecular weight is 370 g/mol. The van der Waals surface area contributed by atoms with Crippen LogP contribution in [0.4, 0.5) is 10.1 Å². The van der Waals surface area contributed by atoms with Gasteiger partial charge < -0.3 is 15.8 Å². The Morgan fingerprint density at radius 3 is 2.41 bits per heavy atom. The zero-order valence-corrected chi connectivity index (χ0v) is 15.9. The number of guanidine groups is 1. The molecule has 6 heteroatoms. The highest BCUT2D eigenvalue weighted by molar-refractivity contribution is 5.92. The first-order valence-corrected chi connectivity index (χ1v) is 9.24. The molecule has 3 rings (SSSR count). The zero-order valence-electron chi connectivity index (χ0n) is 15.9. The Labute approximate surface area is 160 Å². The standard InChI is InChI=1S/C21H27FN4O/c1-15-11-16(2)13-19(12-15)25-21(23)24-14-20(26-7-9-27-10-8-26)17-3-5-18(22)6-4-17/h3-6,11-13,20H,7-10,14H2,1-2H3,(H3,23,24,25). The van der Waals surface area contributed by atoms with Crippen LogP contribution in [0.3, 0.4) is 0 Å². The number of morpholine rings is 1. The Hall–Kier alpha value is -2.44. The van der Waals surface area contributed by atoms with Gasteiger partial charge in [-0.1, -0.05) is 18.2 Å². The molecular formula is C21H27FN4O. The molecule has 0 spiro atoms. The first-order valence-electron chi connectivity index (χ1n) is 9.24. The summed E-state index contributed by atoms with van der Waals surface area (Å²) in [7, 11) is 0. The Kier molecular flexibility index (Phi) is 6.42. The molecule has 1 fully saturated rings. The van der Waals surface area contributed by atoms with Crippen molar-refractivity contribution in [3.05, 3.63) is 65.0 Å². The van der Waals surface area contributed by atoms with E-state index >= 15 is 0 Å². The highest BCUT2D eigenvalue weighted by Crippen LogP contribution is 2.23. The van der Waals surface area contributed by atoms with Gasteiger partial charge >= 0.3 is 0 Å². The van der Waals surface area contributed by atoms with E-state index < -0.39 is 0 Å². The minimum atomic E-state index is -0.237. The van der Waals surface area contributed by atoms with Crippen molar-refractivity contribution < 1.29 is 9.13 Å². The lowest BCUT2D eigenvalue weighted by atomic mass is 10.0. The van der Waals surface area contributed by atoms with Crippen LogP contribution >= 0.6 is 0 Å². The van der Waals surface area contributed by atoms with Crippen molar-refractivity contribution in [2.24, 2.45) is 10.7 Å². The minimum absolute atomic E-state index is 0.0362. The number of aryl methyl sites for hydroxylation is 2. The number of rotatable bonds is 5. The third-order valence-electron chi connectivity index (χ3n) is 4.67. The maximum atomic E-state index is 13.3. The van der Waals surface area contributed by atoms with Crippen molar-refractivity contribution in [1.29, 1.82) is 0 Å². The molecule has 1 saturated heterocycles. The Balaban J connectivity index is 1.74. The van der Waals surface area contributed by atoms with Crippen molar-refractivity contribution in [3.63, 3.8) is 0 Å². The normalized spacial score (nSPS) is 16.9. The fourth-order valence-corrected chi connectivity index (χ4v) is 3.42. The summed E-state index contributed by atoms with van der Waals surface area (Å²) in [4.78, 5) is 6.87. The molecule has 1 unspecified atom stereocenters. The molecule has 2 aromatic carbocycles. The predicted octanol–water partition coefficient (Wildman–Crippen LogP) is 3.24. The molecule has 0 aromatic heterocycles. The summed E-state index contributed by atoms with van der Waals surface area (Å²) in [6, 6.07) is 12.8. The van der Waals surface area contributed by atoms with Crippen LogP contribution in [0.15, 0.2) is 47.5 Å². The Morgan fingerprint density at radius 2 is 1.78 bits per heavy atom. The maximum Gasteiger partial charge on any atom is 0.193 e. The highest BCUT2D eigenvalue weighted by atomic mass is 19.1. The molecule has 0 aliphatic carbocycles. The highest BCUT2D eigenvalue weighted by Gasteiger charge is 2.22. The van der Waals surface area contributed by atoms with E-state index in [1.54, 1.807) is 0 Å². The molecule has 1 atom stereocenters. The van der Waals surface area contributed by atoms with E-state index in [1.807, 2.05) is 24.3 Å². The first kappa shape index (κ1) is 19.3. The maximum absolute atomic E-state index is 13.3. The summed E-state index contributed by atoms with van der Waals surface area (Å²) in [5.41, 5.74) is 10.4. The van der Waals surface area contributed by atoms with Gasteiger partial charge in [-0.3, -0.25) is 9.89 Å². The fraction of sp³-hybridized carbons (Fsp3) is 0.381. The van der Waals surface area contributed by atoms with Gasteiger partial charge in [-0.15, -0.1) is 0 Å². The van der Waals surface area contributed by atoms with E-state index in [-0.39, 0.29) is 11.9 Å². The van der Waals surface area contributed by atoms with E-state index in [2.05, 4.69) is 35.1 Å². The number of ether oxygens (including phenoxy) is 1. The Morgan fingerprint density at radius 1 is 1.15 bits per heavy atom. The van der Waals surface area contributed by atoms with Crippen LogP contribution in [0.2, 0.25) is 0 Å². The molecule has 0 amide bonds. The molecule has 0 bridgehead atoms. The number of hydrogen-bond acceptors (Lipinski definition) is 3. The number of hydrogen-bond donors (Lipinski definition) is 2. The molecule has 27 heavy (non-hydrogen) atoms. The smallest absolute Gasteiger partial charge is 0.193 e. The topological polar surface area (TPSA) is 62.9 Å². The lowest BCUT2D eigenvalue weighted by molar-refractivity contribution is 0.0180. The summed E-state index contributed by atoms with van der Waals surface area (Å²) in [5, 5.41) is 3.17. The van der Waals surface area contributed by atoms with Gasteiger partial charge in [-0.2, -0.15) is 0 Å². The summed E-state index contributed by atoms with van der Waals surface area (Å²) < 4.78 is 18.8. The van der Waals surface area contributed by atoms with Gasteiger partial charge in [0.25, 0.3) is 0 Å². The average Bonchev–Trinajstić information content (AvgIpc) is 2.63. The van der Waals surface area contributed by atoms with Gasteiger partial charge in [-0.25, -0.2) is 4.39 Å². The van der Waals surface area contributed by atoms with Crippen LogP contribution in [-0.4, -0.2) is 43.7 Å². The van der Waals surface area contributed by atoms with Gasteiger partial charge in [0, 0.05) is 18.8 Å². The summed E-state index contributed by atoms with van der Waals surface area (Å²) >= 11 is 0. The van der Waals surface area contributed by atoms with Gasteiger partial charge in [0.1, 0.15) is 5.82 Å². The second kappa shape index (κ2) is 8.97. The van der Waals surface area contributed by atoms with Crippen LogP contribution < -0.4 is 11.1 Å². The molecule has 0 saturated carbocycles. The second-order valence-corrected chi connectivity index (χ2v) is 6.94. The number of aliphatic imine (C=N–C) groups is 1. The summed E-state index contributed by atoms with van der Waals surface area (Å²) in [6.45, 7) is 7.62. The number of halogens is 1. The number of benzene rings is 2. The van der Waals surface area contributed by atoms with Crippen LogP contribution in [0.25, 0.3) is 0 Å². The first-order chi connectivity index (χ1) is 13.0. The van der Waals surface area contributed by atoms with E-state index in [0.29, 0.717) is 25.7 Å². The molecule has 1 aliphatic heterocycles. The molecular weight excluding hydrogens is 343 g/mol. The summed E-state index contributed by atoms with van der Waals surface area (Å²) in [5.74, 6) is 0.138. The SMILES string of the molecule is Cc1cc(C)cc(NC(N)=NCC(c2ccc(F)cc2)N2CCOCC2)c1. The molecule has 1 heterocycles. The van der Waals surface area contributed by atoms with Crippen molar-refractivity contribution >= 4 is 11.6 Å². The van der Waals surface area contributed by atoms with E-state index in [1.165, 1.54) is 23.3 Å². The third-order valence-corrected chi connectivity index (χ3v) is 4.67. The number of nitrogens with zero attached hydrogens (tertiary/aromatic N) is 2. The second-order valence-electron chi connectivity index (χ2n) is 6.94. The molecule has 3 N–H and O–H groups in total. The van der Waals surface area contributed by atoms with Gasteiger partial charge in [0.2, 0.25) is 0 Å². The zero-order chi connectivity index (χ0) is 19.2. The number of nitrogens with two attached hydrogens (primary N) is 1. The lowest BCUT2D eigenvalue weighted by Crippen LogP contribution is -2.40. The van der Waals surface area contributed by atoms with Gasteiger partial charge in [0.05, 0.1) is 25.8 Å². The van der Waals surface area contributed by atoms with E-state index in [0.717, 1.165) is 24.3 Å². The molecule has 144 valence electrons. The quantitative estimate of drug-likeness (QED) is 0.627. The van der Waals surface area contributed by atoms with Crippen LogP contribution in [0.1, 0.15) is 22.7 Å². The van der Waals surface area contributed by atoms with Crippen LogP contribution in [0, 0.1) is 19.7 Å². The minimum Gasteiger partial charge on any atom is -0.379 e. The molecule has 5 nitrogen and oxygen atoms in total. The van der Waals surface area contributed by atoms with E-state index in [9.17, 15) is 4.39 Å². The fourth-order valence-electron chi connectivity index (χ4n) is 3.42. The lowest BCUT2D eigenvalue weighted by Gasteiger charge is -2.34. The Bertz CT molecular complexity index is 765. The largest absolute Gasteiger partial charge is 0.379 e. The number of anilines is 1. The van der Waals surface area contributed by atoms with Gasteiger partial charge in [-0.05, 0) is 54.8 Å². The van der Waals surface area contributed by atoms with Gasteiger partial charge in [0.15, 0.2) is 5.96 Å². The predicted molar refractivity (Wildman–Crippen MR) is 108 cm³/mol.